The molecule has 0 fully saturated rings. The maximum atomic E-state index is 12.2. The van der Waals surface area contributed by atoms with Gasteiger partial charge in [0.25, 0.3) is 0 Å². The molecule has 0 spiro atoms. The van der Waals surface area contributed by atoms with Gasteiger partial charge in [0.15, 0.2) is 7.98 Å². The second kappa shape index (κ2) is 8.08. The lowest BCUT2D eigenvalue weighted by Crippen LogP contribution is -2.41. The number of hydrogen-bond acceptors (Lipinski definition) is 3. The van der Waals surface area contributed by atoms with E-state index in [4.69, 9.17) is 7.98 Å². The van der Waals surface area contributed by atoms with E-state index in [1.54, 1.807) is 6.92 Å². The normalized spacial score (nSPS) is 13.5. The van der Waals surface area contributed by atoms with Crippen molar-refractivity contribution in [1.29, 1.82) is 0 Å². The van der Waals surface area contributed by atoms with E-state index in [2.05, 4.69) is 4.74 Å². The smallest absolute Gasteiger partial charge is 0.426 e. The predicted octanol–water partition coefficient (Wildman–Crippen LogP) is 2.17. The highest BCUT2D eigenvalue weighted by Crippen LogP contribution is 2.28. The molecule has 0 saturated carbocycles. The van der Waals surface area contributed by atoms with Crippen LogP contribution in [0.3, 0.4) is 0 Å². The summed E-state index contributed by atoms with van der Waals surface area (Å²) in [7, 11) is 5.52. The summed E-state index contributed by atoms with van der Waals surface area (Å²) in [6.45, 7) is 4.93. The van der Waals surface area contributed by atoms with Crippen LogP contribution in [-0.2, 0) is 4.74 Å². The average molecular weight is 378 g/mol. The van der Waals surface area contributed by atoms with Gasteiger partial charge >= 0.3 is 12.3 Å². The van der Waals surface area contributed by atoms with E-state index < -0.39 is 16.4 Å². The molecular formula is C9H15BF3IN2O2. The molecule has 0 rings (SSSR count). The lowest BCUT2D eigenvalue weighted by atomic mass is 10.3. The number of rotatable bonds is 6. The Balaban J connectivity index is 4.27. The molecule has 2 radical (unpaired) electrons. The standard InChI is InChI=1S/C9H15BF3IN2O2/c1-3-15(5-6-16(10)4-2)8(17)18-7(14)9(11,12)13/h7H,3-6H2,1-2H3. The number of carbonyl (C=O) groups is 1. The summed E-state index contributed by atoms with van der Waals surface area (Å²) in [6, 6.07) is 0. The number of likely N-dealkylation sites (N-methyl/N-ethyl adjacent to an activating group) is 2. The van der Waals surface area contributed by atoms with Crippen molar-refractivity contribution in [1.82, 2.24) is 9.71 Å². The Morgan fingerprint density at radius 3 is 2.28 bits per heavy atom. The Bertz CT molecular complexity index is 269. The van der Waals surface area contributed by atoms with Crippen LogP contribution < -0.4 is 0 Å². The van der Waals surface area contributed by atoms with E-state index >= 15 is 0 Å². The SMILES string of the molecule is [B]N(CC)CCN(CC)C(=O)OC(I)C(F)(F)F. The number of alkyl halides is 4. The summed E-state index contributed by atoms with van der Waals surface area (Å²) in [4.78, 5) is 14.1. The number of nitrogens with zero attached hydrogens (tertiary/aromatic N) is 2. The molecule has 0 aliphatic heterocycles. The third-order valence-corrected chi connectivity index (χ3v) is 3.13. The zero-order valence-corrected chi connectivity index (χ0v) is 12.4. The van der Waals surface area contributed by atoms with Crippen LogP contribution in [0.4, 0.5) is 18.0 Å². The summed E-state index contributed by atoms with van der Waals surface area (Å²) < 4.78 is 38.8. The molecule has 0 aliphatic rings. The molecule has 0 aromatic rings. The minimum absolute atomic E-state index is 0.223. The molecule has 1 unspecified atom stereocenters. The molecule has 0 bridgehead atoms. The van der Waals surface area contributed by atoms with Crippen LogP contribution in [0, 0.1) is 0 Å². The fourth-order valence-corrected chi connectivity index (χ4v) is 1.23. The Morgan fingerprint density at radius 1 is 1.33 bits per heavy atom. The molecule has 0 aromatic carbocycles. The van der Waals surface area contributed by atoms with Crippen LogP contribution in [0.1, 0.15) is 13.8 Å². The minimum Gasteiger partial charge on any atom is -0.426 e. The summed E-state index contributed by atoms with van der Waals surface area (Å²) in [5.74, 6) is 0. The Kier molecular flexibility index (Phi) is 8.00. The van der Waals surface area contributed by atoms with Gasteiger partial charge in [0.2, 0.25) is 4.11 Å². The molecule has 104 valence electrons. The Labute approximate surface area is 119 Å². The van der Waals surface area contributed by atoms with E-state index in [1.165, 1.54) is 9.71 Å². The van der Waals surface area contributed by atoms with Gasteiger partial charge in [-0.1, -0.05) is 6.92 Å². The first-order chi connectivity index (χ1) is 8.22. The summed E-state index contributed by atoms with van der Waals surface area (Å²) in [6.07, 6.45) is -5.54. The lowest BCUT2D eigenvalue weighted by molar-refractivity contribution is -0.170. The zero-order valence-electron chi connectivity index (χ0n) is 10.2. The number of hydrogen-bond donors (Lipinski definition) is 0. The first-order valence-corrected chi connectivity index (χ1v) is 6.62. The van der Waals surface area contributed by atoms with Gasteiger partial charge in [-0.3, -0.25) is 0 Å². The van der Waals surface area contributed by atoms with Crippen LogP contribution >= 0.6 is 22.6 Å². The van der Waals surface area contributed by atoms with Gasteiger partial charge in [-0.2, -0.15) is 13.2 Å². The maximum absolute atomic E-state index is 12.2. The van der Waals surface area contributed by atoms with Crippen molar-refractivity contribution in [3.8, 4) is 0 Å². The van der Waals surface area contributed by atoms with Gasteiger partial charge in [-0.15, -0.1) is 0 Å². The second-order valence-corrected chi connectivity index (χ2v) is 4.58. The van der Waals surface area contributed by atoms with E-state index in [-0.39, 0.29) is 13.1 Å². The topological polar surface area (TPSA) is 32.8 Å². The van der Waals surface area contributed by atoms with E-state index in [1.807, 2.05) is 6.92 Å². The van der Waals surface area contributed by atoms with Crippen molar-refractivity contribution < 1.29 is 22.7 Å². The molecule has 1 amide bonds. The lowest BCUT2D eigenvalue weighted by Gasteiger charge is -2.25. The Morgan fingerprint density at radius 2 is 1.89 bits per heavy atom. The quantitative estimate of drug-likeness (QED) is 0.404. The molecule has 0 aromatic heterocycles. The minimum atomic E-state index is -4.56. The fourth-order valence-electron chi connectivity index (χ4n) is 1.02. The molecule has 9 heteroatoms. The molecule has 1 atom stereocenters. The van der Waals surface area contributed by atoms with Gasteiger partial charge in [-0.25, -0.2) is 4.79 Å². The molecule has 0 aliphatic carbocycles. The molecule has 0 N–H and O–H groups in total. The van der Waals surface area contributed by atoms with Gasteiger partial charge < -0.3 is 14.4 Å². The van der Waals surface area contributed by atoms with Crippen LogP contribution in [0.2, 0.25) is 0 Å². The Hall–Kier alpha value is -0.185. The van der Waals surface area contributed by atoms with Crippen LogP contribution in [0.5, 0.6) is 0 Å². The predicted molar refractivity (Wildman–Crippen MR) is 70.6 cm³/mol. The van der Waals surface area contributed by atoms with Crippen LogP contribution in [0.15, 0.2) is 0 Å². The molecule has 18 heavy (non-hydrogen) atoms. The van der Waals surface area contributed by atoms with Crippen molar-refractivity contribution in [2.75, 3.05) is 26.2 Å². The van der Waals surface area contributed by atoms with E-state index in [9.17, 15) is 18.0 Å². The fraction of sp³-hybridized carbons (Fsp3) is 0.889. The van der Waals surface area contributed by atoms with Crippen LogP contribution in [0.25, 0.3) is 0 Å². The van der Waals surface area contributed by atoms with Crippen molar-refractivity contribution in [3.05, 3.63) is 0 Å². The number of ether oxygens (including phenoxy) is 1. The zero-order chi connectivity index (χ0) is 14.3. The van der Waals surface area contributed by atoms with Gasteiger partial charge in [0.1, 0.15) is 0 Å². The van der Waals surface area contributed by atoms with Gasteiger partial charge in [0.05, 0.1) is 0 Å². The van der Waals surface area contributed by atoms with Gasteiger partial charge in [0, 0.05) is 19.6 Å². The molecule has 4 nitrogen and oxygen atoms in total. The highest BCUT2D eigenvalue weighted by Gasteiger charge is 2.41. The maximum Gasteiger partial charge on any atom is 0.435 e. The third kappa shape index (κ3) is 6.67. The van der Waals surface area contributed by atoms with Crippen molar-refractivity contribution in [3.63, 3.8) is 0 Å². The molecular weight excluding hydrogens is 363 g/mol. The van der Waals surface area contributed by atoms with Gasteiger partial charge in [-0.05, 0) is 36.1 Å². The number of carbonyl (C=O) groups excluding carboxylic acids is 1. The highest BCUT2D eigenvalue weighted by atomic mass is 127. The first kappa shape index (κ1) is 17.8. The van der Waals surface area contributed by atoms with Crippen molar-refractivity contribution in [2.24, 2.45) is 0 Å². The number of halogens is 4. The molecule has 0 heterocycles. The van der Waals surface area contributed by atoms with E-state index in [0.29, 0.717) is 13.1 Å². The first-order valence-electron chi connectivity index (χ1n) is 5.38. The average Bonchev–Trinajstić information content (AvgIpc) is 2.28. The molecule has 0 saturated heterocycles. The third-order valence-electron chi connectivity index (χ3n) is 2.16. The highest BCUT2D eigenvalue weighted by molar-refractivity contribution is 14.1. The van der Waals surface area contributed by atoms with Crippen molar-refractivity contribution >= 4 is 36.7 Å². The second-order valence-electron chi connectivity index (χ2n) is 3.45. The number of amides is 1. The summed E-state index contributed by atoms with van der Waals surface area (Å²) in [5, 5.41) is 0. The summed E-state index contributed by atoms with van der Waals surface area (Å²) >= 11 is 1.03. The summed E-state index contributed by atoms with van der Waals surface area (Å²) in [5.41, 5.74) is 0. The van der Waals surface area contributed by atoms with E-state index in [0.717, 1.165) is 22.6 Å². The monoisotopic (exact) mass is 378 g/mol. The largest absolute Gasteiger partial charge is 0.435 e. The van der Waals surface area contributed by atoms with Crippen molar-refractivity contribution in [2.45, 2.75) is 24.1 Å². The van der Waals surface area contributed by atoms with Crippen LogP contribution in [-0.4, -0.2) is 60.3 Å².